The molecule has 1 aliphatic carbocycles. The zero-order valence-electron chi connectivity index (χ0n) is 13.3. The van der Waals surface area contributed by atoms with E-state index in [2.05, 4.69) is 26.6 Å². The molecular formula is C19H20BrFN2O. The van der Waals surface area contributed by atoms with Crippen molar-refractivity contribution in [3.05, 3.63) is 58.3 Å². The van der Waals surface area contributed by atoms with Crippen molar-refractivity contribution in [3.63, 3.8) is 0 Å². The van der Waals surface area contributed by atoms with Crippen LogP contribution in [0, 0.1) is 11.7 Å². The number of hydrogen-bond donors (Lipinski definition) is 2. The van der Waals surface area contributed by atoms with Crippen molar-refractivity contribution >= 4 is 33.2 Å². The molecular weight excluding hydrogens is 371 g/mol. The lowest BCUT2D eigenvalue weighted by Crippen LogP contribution is -2.13. The first-order valence-corrected chi connectivity index (χ1v) is 9.01. The van der Waals surface area contributed by atoms with E-state index in [0.717, 1.165) is 18.2 Å². The summed E-state index contributed by atoms with van der Waals surface area (Å²) >= 11 is 3.27. The molecule has 3 rings (SSSR count). The third kappa shape index (κ3) is 4.35. The largest absolute Gasteiger partial charge is 0.385 e. The number of hydrogen-bond acceptors (Lipinski definition) is 2. The van der Waals surface area contributed by atoms with Gasteiger partial charge in [-0.1, -0.05) is 12.8 Å². The fourth-order valence-electron chi connectivity index (χ4n) is 3.02. The minimum Gasteiger partial charge on any atom is -0.385 e. The predicted octanol–water partition coefficient (Wildman–Crippen LogP) is 5.44. The predicted molar refractivity (Wildman–Crippen MR) is 98.9 cm³/mol. The van der Waals surface area contributed by atoms with E-state index in [9.17, 15) is 9.18 Å². The second kappa shape index (κ2) is 7.79. The molecule has 3 nitrogen and oxygen atoms in total. The van der Waals surface area contributed by atoms with E-state index < -0.39 is 5.82 Å². The van der Waals surface area contributed by atoms with Crippen molar-refractivity contribution < 1.29 is 9.18 Å². The lowest BCUT2D eigenvalue weighted by molar-refractivity contribution is 0.102. The Morgan fingerprint density at radius 1 is 1.08 bits per heavy atom. The van der Waals surface area contributed by atoms with Gasteiger partial charge in [-0.2, -0.15) is 0 Å². The quantitative estimate of drug-likeness (QED) is 0.713. The average molecular weight is 391 g/mol. The van der Waals surface area contributed by atoms with Crippen molar-refractivity contribution in [2.75, 3.05) is 17.2 Å². The number of carbonyl (C=O) groups excluding carboxylic acids is 1. The van der Waals surface area contributed by atoms with Crippen molar-refractivity contribution in [2.45, 2.75) is 25.7 Å². The SMILES string of the molecule is O=C(Nc1ccc(NCC2CCCC2)cc1)c1cc(F)ccc1Br. The van der Waals surface area contributed by atoms with Gasteiger partial charge in [-0.3, -0.25) is 4.79 Å². The van der Waals surface area contributed by atoms with Crippen molar-refractivity contribution in [1.82, 2.24) is 0 Å². The molecule has 1 saturated carbocycles. The third-order valence-electron chi connectivity index (χ3n) is 4.39. The van der Waals surface area contributed by atoms with E-state index in [0.29, 0.717) is 10.2 Å². The Balaban J connectivity index is 1.59. The van der Waals surface area contributed by atoms with E-state index in [-0.39, 0.29) is 11.5 Å². The molecule has 2 aromatic carbocycles. The molecule has 24 heavy (non-hydrogen) atoms. The molecule has 1 fully saturated rings. The van der Waals surface area contributed by atoms with Gasteiger partial charge < -0.3 is 10.6 Å². The number of nitrogens with one attached hydrogen (secondary N) is 2. The summed E-state index contributed by atoms with van der Waals surface area (Å²) in [6.07, 6.45) is 5.30. The van der Waals surface area contributed by atoms with Gasteiger partial charge in [-0.05, 0) is 77.2 Å². The Bertz CT molecular complexity index is 712. The van der Waals surface area contributed by atoms with Gasteiger partial charge in [0.1, 0.15) is 5.82 Å². The summed E-state index contributed by atoms with van der Waals surface area (Å²) in [5, 5.41) is 6.23. The van der Waals surface area contributed by atoms with Crippen molar-refractivity contribution in [2.24, 2.45) is 5.92 Å². The summed E-state index contributed by atoms with van der Waals surface area (Å²) in [6.45, 7) is 1.00. The van der Waals surface area contributed by atoms with E-state index in [1.54, 1.807) is 0 Å². The number of rotatable bonds is 5. The molecule has 2 N–H and O–H groups in total. The summed E-state index contributed by atoms with van der Waals surface area (Å²) < 4.78 is 13.9. The first kappa shape index (κ1) is 17.0. The number of benzene rings is 2. The fraction of sp³-hybridized carbons (Fsp3) is 0.316. The molecule has 0 radical (unpaired) electrons. The summed E-state index contributed by atoms with van der Waals surface area (Å²) in [4.78, 5) is 12.2. The molecule has 0 aliphatic heterocycles. The number of anilines is 2. The molecule has 1 amide bonds. The van der Waals surface area contributed by atoms with Crippen LogP contribution in [0.3, 0.4) is 0 Å². The van der Waals surface area contributed by atoms with Crippen LogP contribution in [0.15, 0.2) is 46.9 Å². The lowest BCUT2D eigenvalue weighted by Gasteiger charge is -2.12. The van der Waals surface area contributed by atoms with E-state index in [1.165, 1.54) is 43.9 Å². The summed E-state index contributed by atoms with van der Waals surface area (Å²) in [5.74, 6) is -0.00226. The number of halogens is 2. The van der Waals surface area contributed by atoms with Gasteiger partial charge >= 0.3 is 0 Å². The molecule has 0 atom stereocenters. The molecule has 126 valence electrons. The maximum absolute atomic E-state index is 13.3. The second-order valence-electron chi connectivity index (χ2n) is 6.19. The minimum absolute atomic E-state index is 0.276. The van der Waals surface area contributed by atoms with Gasteiger partial charge in [0.05, 0.1) is 5.56 Å². The van der Waals surface area contributed by atoms with Crippen LogP contribution >= 0.6 is 15.9 Å². The van der Waals surface area contributed by atoms with Crippen LogP contribution in [0.1, 0.15) is 36.0 Å². The molecule has 0 aromatic heterocycles. The van der Waals surface area contributed by atoms with Crippen LogP contribution in [-0.4, -0.2) is 12.5 Å². The Morgan fingerprint density at radius 2 is 1.75 bits per heavy atom. The van der Waals surface area contributed by atoms with Crippen molar-refractivity contribution in [1.29, 1.82) is 0 Å². The van der Waals surface area contributed by atoms with Crippen LogP contribution < -0.4 is 10.6 Å². The van der Waals surface area contributed by atoms with Crippen LogP contribution in [0.25, 0.3) is 0 Å². The monoisotopic (exact) mass is 390 g/mol. The number of amides is 1. The molecule has 0 bridgehead atoms. The van der Waals surface area contributed by atoms with Gasteiger partial charge in [0, 0.05) is 22.4 Å². The first-order valence-electron chi connectivity index (χ1n) is 8.22. The highest BCUT2D eigenvalue weighted by Crippen LogP contribution is 2.25. The van der Waals surface area contributed by atoms with Gasteiger partial charge in [-0.25, -0.2) is 4.39 Å². The minimum atomic E-state index is -0.435. The average Bonchev–Trinajstić information content (AvgIpc) is 3.10. The van der Waals surface area contributed by atoms with E-state index >= 15 is 0 Å². The second-order valence-corrected chi connectivity index (χ2v) is 7.04. The van der Waals surface area contributed by atoms with Crippen LogP contribution in [0.4, 0.5) is 15.8 Å². The van der Waals surface area contributed by atoms with Crippen molar-refractivity contribution in [3.8, 4) is 0 Å². The third-order valence-corrected chi connectivity index (χ3v) is 5.08. The van der Waals surface area contributed by atoms with Crippen LogP contribution in [-0.2, 0) is 0 Å². The highest BCUT2D eigenvalue weighted by molar-refractivity contribution is 9.10. The topological polar surface area (TPSA) is 41.1 Å². The fourth-order valence-corrected chi connectivity index (χ4v) is 3.44. The summed E-state index contributed by atoms with van der Waals surface area (Å²) in [7, 11) is 0. The zero-order chi connectivity index (χ0) is 16.9. The Hall–Kier alpha value is -1.88. The molecule has 0 unspecified atom stereocenters. The molecule has 5 heteroatoms. The van der Waals surface area contributed by atoms with Gasteiger partial charge in [-0.15, -0.1) is 0 Å². The normalized spacial score (nSPS) is 14.6. The van der Waals surface area contributed by atoms with Crippen LogP contribution in [0.5, 0.6) is 0 Å². The van der Waals surface area contributed by atoms with Crippen LogP contribution in [0.2, 0.25) is 0 Å². The summed E-state index contributed by atoms with van der Waals surface area (Å²) in [6, 6.07) is 11.7. The molecule has 0 saturated heterocycles. The van der Waals surface area contributed by atoms with Gasteiger partial charge in [0.2, 0.25) is 0 Å². The van der Waals surface area contributed by atoms with Gasteiger partial charge in [0.15, 0.2) is 0 Å². The highest BCUT2D eigenvalue weighted by Gasteiger charge is 2.14. The molecule has 0 spiro atoms. The Morgan fingerprint density at radius 3 is 2.46 bits per heavy atom. The first-order chi connectivity index (χ1) is 11.6. The zero-order valence-corrected chi connectivity index (χ0v) is 14.9. The Kier molecular flexibility index (Phi) is 5.51. The maximum Gasteiger partial charge on any atom is 0.256 e. The maximum atomic E-state index is 13.3. The summed E-state index contributed by atoms with van der Waals surface area (Å²) in [5.41, 5.74) is 2.01. The molecule has 2 aromatic rings. The standard InChI is InChI=1S/C19H20BrFN2O/c20-18-10-5-14(21)11-17(18)19(24)23-16-8-6-15(7-9-16)22-12-13-3-1-2-4-13/h5-11,13,22H,1-4,12H2,(H,23,24). The smallest absolute Gasteiger partial charge is 0.256 e. The number of carbonyl (C=O) groups is 1. The van der Waals surface area contributed by atoms with E-state index in [4.69, 9.17) is 0 Å². The van der Waals surface area contributed by atoms with Gasteiger partial charge in [0.25, 0.3) is 5.91 Å². The molecule has 1 aliphatic rings. The van der Waals surface area contributed by atoms with E-state index in [1.807, 2.05) is 24.3 Å². The highest BCUT2D eigenvalue weighted by atomic mass is 79.9. The lowest BCUT2D eigenvalue weighted by atomic mass is 10.1. The molecule has 0 heterocycles. The Labute approximate surface area is 149 Å².